The Kier molecular flexibility index (Phi) is 6.14. The Morgan fingerprint density at radius 2 is 2.20 bits per heavy atom. The Balaban J connectivity index is 1.52. The van der Waals surface area contributed by atoms with Gasteiger partial charge in [-0.3, -0.25) is 9.00 Å². The number of hydrogen-bond donors (Lipinski definition) is 2. The smallest absolute Gasteiger partial charge is 0.253 e. The first-order valence-corrected chi connectivity index (χ1v) is 11.1. The van der Waals surface area contributed by atoms with Crippen LogP contribution >= 0.6 is 11.6 Å². The van der Waals surface area contributed by atoms with Gasteiger partial charge < -0.3 is 14.9 Å². The first-order valence-electron chi connectivity index (χ1n) is 9.65. The second kappa shape index (κ2) is 8.81. The summed E-state index contributed by atoms with van der Waals surface area (Å²) in [4.78, 5) is 24.0. The van der Waals surface area contributed by atoms with Crippen molar-refractivity contribution in [3.8, 4) is 0 Å². The maximum atomic E-state index is 12.5. The molecule has 8 nitrogen and oxygen atoms in total. The molecule has 0 bridgehead atoms. The normalized spacial score (nSPS) is 16.0. The molecule has 0 spiro atoms. The summed E-state index contributed by atoms with van der Waals surface area (Å²) >= 11 is 3.85. The molecule has 158 valence electrons. The lowest BCUT2D eigenvalue weighted by Gasteiger charge is -2.23. The summed E-state index contributed by atoms with van der Waals surface area (Å²) in [5.41, 5.74) is 1.46. The van der Waals surface area contributed by atoms with Gasteiger partial charge in [0.25, 0.3) is 5.56 Å². The summed E-state index contributed by atoms with van der Waals surface area (Å²) in [5, 5.41) is 4.44. The molecule has 4 rings (SSSR count). The number of aromatic amines is 1. The number of H-pyrrole nitrogens is 1. The van der Waals surface area contributed by atoms with Gasteiger partial charge in [0.15, 0.2) is 0 Å². The molecule has 0 radical (unpaired) electrons. The Morgan fingerprint density at radius 1 is 1.40 bits per heavy atom. The van der Waals surface area contributed by atoms with Crippen molar-refractivity contribution in [2.45, 2.75) is 32.4 Å². The highest BCUT2D eigenvalue weighted by molar-refractivity contribution is 7.76. The lowest BCUT2D eigenvalue weighted by atomic mass is 10.1. The van der Waals surface area contributed by atoms with E-state index in [1.165, 1.54) is 4.31 Å². The number of para-hydroxylation sites is 1. The molecular formula is C20H21ClN5O3S-. The minimum Gasteiger partial charge on any atom is -0.760 e. The first-order chi connectivity index (χ1) is 14.4. The van der Waals surface area contributed by atoms with E-state index in [9.17, 15) is 13.6 Å². The molecule has 1 fully saturated rings. The highest BCUT2D eigenvalue weighted by Gasteiger charge is 2.25. The Hall–Kier alpha value is -2.33. The van der Waals surface area contributed by atoms with E-state index in [0.29, 0.717) is 40.2 Å². The third-order valence-electron chi connectivity index (χ3n) is 5.09. The summed E-state index contributed by atoms with van der Waals surface area (Å²) in [5.74, 6) is 0.768. The van der Waals surface area contributed by atoms with Crippen molar-refractivity contribution < 1.29 is 8.76 Å². The van der Waals surface area contributed by atoms with E-state index in [4.69, 9.17) is 11.6 Å². The molecule has 30 heavy (non-hydrogen) atoms. The summed E-state index contributed by atoms with van der Waals surface area (Å²) in [6.45, 7) is 2.53. The van der Waals surface area contributed by atoms with Gasteiger partial charge in [0.2, 0.25) is 5.95 Å². The highest BCUT2D eigenvalue weighted by Crippen LogP contribution is 2.30. The predicted molar refractivity (Wildman–Crippen MR) is 116 cm³/mol. The van der Waals surface area contributed by atoms with Crippen LogP contribution in [0.2, 0.25) is 5.02 Å². The molecule has 0 aliphatic heterocycles. The third kappa shape index (κ3) is 4.86. The molecule has 0 saturated heterocycles. The molecule has 2 atom stereocenters. The molecule has 2 heterocycles. The standard InChI is InChI=1S/C20H22ClN5O3S/c1-12(16-9-14-3-2-4-17(21)18(14)25-19(16)27)23-20-22-8-7-15(24-20)11-26(30(28)29)10-13-5-6-13/h2-4,7-9,12-13H,5-6,10-11H2,1H3,(H,25,27)(H,28,29)(H,22,23,24)/p-1/t12-/m0/s1. The van der Waals surface area contributed by atoms with Crippen LogP contribution < -0.4 is 10.9 Å². The molecule has 3 aromatic rings. The summed E-state index contributed by atoms with van der Waals surface area (Å²) in [7, 11) is 0. The third-order valence-corrected chi connectivity index (χ3v) is 6.11. The zero-order valence-electron chi connectivity index (χ0n) is 16.3. The van der Waals surface area contributed by atoms with Gasteiger partial charge in [-0.2, -0.15) is 0 Å². The first kappa shape index (κ1) is 20.9. The summed E-state index contributed by atoms with van der Waals surface area (Å²) in [6, 6.07) is 8.53. The molecule has 1 aliphatic carbocycles. The van der Waals surface area contributed by atoms with Crippen molar-refractivity contribution in [2.24, 2.45) is 5.92 Å². The second-order valence-electron chi connectivity index (χ2n) is 7.48. The summed E-state index contributed by atoms with van der Waals surface area (Å²) in [6.07, 6.45) is 3.70. The van der Waals surface area contributed by atoms with Gasteiger partial charge in [0.1, 0.15) is 0 Å². The zero-order chi connectivity index (χ0) is 21.3. The fourth-order valence-corrected chi connectivity index (χ4v) is 4.10. The van der Waals surface area contributed by atoms with Gasteiger partial charge in [0, 0.05) is 35.0 Å². The Morgan fingerprint density at radius 3 is 2.93 bits per heavy atom. The van der Waals surface area contributed by atoms with E-state index in [0.717, 1.165) is 18.2 Å². The van der Waals surface area contributed by atoms with Crippen molar-refractivity contribution >= 4 is 39.7 Å². The number of nitrogens with zero attached hydrogens (tertiary/aromatic N) is 3. The molecule has 1 aromatic carbocycles. The maximum absolute atomic E-state index is 12.5. The maximum Gasteiger partial charge on any atom is 0.253 e. The fraction of sp³-hybridized carbons (Fsp3) is 0.350. The zero-order valence-corrected chi connectivity index (χ0v) is 17.9. The molecular weight excluding hydrogens is 426 g/mol. The number of rotatable bonds is 8. The number of aromatic nitrogens is 3. The molecule has 1 saturated carbocycles. The molecule has 0 amide bonds. The van der Waals surface area contributed by atoms with Crippen molar-refractivity contribution in [3.63, 3.8) is 0 Å². The van der Waals surface area contributed by atoms with Crippen LogP contribution in [0.15, 0.2) is 41.3 Å². The van der Waals surface area contributed by atoms with E-state index in [2.05, 4.69) is 20.3 Å². The van der Waals surface area contributed by atoms with Crippen LogP contribution in [0, 0.1) is 5.92 Å². The van der Waals surface area contributed by atoms with Crippen LogP contribution in [-0.4, -0.2) is 34.6 Å². The monoisotopic (exact) mass is 446 g/mol. The number of pyridine rings is 1. The number of fused-ring (bicyclic) bond motifs is 1. The average Bonchev–Trinajstić information content (AvgIpc) is 3.52. The molecule has 1 aliphatic rings. The second-order valence-corrected chi connectivity index (χ2v) is 8.84. The lowest BCUT2D eigenvalue weighted by molar-refractivity contribution is 0.367. The topological polar surface area (TPSA) is 114 Å². The van der Waals surface area contributed by atoms with E-state index in [1.54, 1.807) is 24.4 Å². The van der Waals surface area contributed by atoms with E-state index in [-0.39, 0.29) is 18.1 Å². The molecule has 2 aromatic heterocycles. The quantitative estimate of drug-likeness (QED) is 0.514. The molecule has 2 N–H and O–H groups in total. The number of nitrogens with one attached hydrogen (secondary N) is 2. The van der Waals surface area contributed by atoms with Gasteiger partial charge in [-0.25, -0.2) is 14.3 Å². The van der Waals surface area contributed by atoms with E-state index < -0.39 is 11.3 Å². The summed E-state index contributed by atoms with van der Waals surface area (Å²) < 4.78 is 24.4. The van der Waals surface area contributed by atoms with Gasteiger partial charge >= 0.3 is 0 Å². The van der Waals surface area contributed by atoms with Gasteiger partial charge in [-0.15, -0.1) is 0 Å². The van der Waals surface area contributed by atoms with Crippen molar-refractivity contribution in [1.29, 1.82) is 0 Å². The highest BCUT2D eigenvalue weighted by atomic mass is 35.5. The number of anilines is 1. The fourth-order valence-electron chi connectivity index (χ4n) is 3.31. The van der Waals surface area contributed by atoms with Gasteiger partial charge in [-0.05, 0) is 43.9 Å². The van der Waals surface area contributed by atoms with Gasteiger partial charge in [-0.1, -0.05) is 23.7 Å². The van der Waals surface area contributed by atoms with Crippen LogP contribution in [0.3, 0.4) is 0 Å². The Bertz CT molecular complexity index is 1150. The number of benzene rings is 1. The minimum absolute atomic E-state index is 0.188. The Labute approximate surface area is 181 Å². The average molecular weight is 447 g/mol. The van der Waals surface area contributed by atoms with Crippen molar-refractivity contribution in [2.75, 3.05) is 11.9 Å². The molecule has 10 heteroatoms. The largest absolute Gasteiger partial charge is 0.760 e. The lowest BCUT2D eigenvalue weighted by Crippen LogP contribution is -2.28. The minimum atomic E-state index is -2.30. The van der Waals surface area contributed by atoms with Crippen LogP contribution in [0.25, 0.3) is 10.9 Å². The van der Waals surface area contributed by atoms with Crippen LogP contribution in [0.4, 0.5) is 5.95 Å². The van der Waals surface area contributed by atoms with Gasteiger partial charge in [0.05, 0.1) is 28.8 Å². The van der Waals surface area contributed by atoms with Crippen LogP contribution in [0.5, 0.6) is 0 Å². The molecule has 1 unspecified atom stereocenters. The SMILES string of the molecule is C[C@H](Nc1nccc(CN(CC2CC2)S(=O)[O-])n1)c1cc2cccc(Cl)c2[nH]c1=O. The van der Waals surface area contributed by atoms with Crippen molar-refractivity contribution in [1.82, 2.24) is 19.3 Å². The van der Waals surface area contributed by atoms with Crippen molar-refractivity contribution in [3.05, 3.63) is 63.2 Å². The number of hydrogen-bond acceptors (Lipinski definition) is 6. The number of halogens is 1. The predicted octanol–water partition coefficient (Wildman–Crippen LogP) is 3.15. The van der Waals surface area contributed by atoms with E-state index >= 15 is 0 Å². The van der Waals surface area contributed by atoms with E-state index in [1.807, 2.05) is 19.1 Å². The van der Waals surface area contributed by atoms with Crippen LogP contribution in [0.1, 0.15) is 37.1 Å². The van der Waals surface area contributed by atoms with Crippen LogP contribution in [-0.2, 0) is 17.8 Å².